The number of benzene rings is 2. The second-order valence-electron chi connectivity index (χ2n) is 5.38. The lowest BCUT2D eigenvalue weighted by Crippen LogP contribution is -2.31. The van der Waals surface area contributed by atoms with Gasteiger partial charge in [-0.05, 0) is 41.8 Å². The molecule has 2 aromatic rings. The fourth-order valence-corrected chi connectivity index (χ4v) is 2.26. The normalized spacial score (nSPS) is 10.5. The summed E-state index contributed by atoms with van der Waals surface area (Å²) < 4.78 is 5.08. The van der Waals surface area contributed by atoms with Crippen molar-refractivity contribution in [1.29, 1.82) is 0 Å². The minimum atomic E-state index is -0.324. The van der Waals surface area contributed by atoms with Crippen LogP contribution in [0, 0.1) is 0 Å². The van der Waals surface area contributed by atoms with E-state index in [-0.39, 0.29) is 18.4 Å². The number of carbonyl (C=O) groups is 2. The Hall–Kier alpha value is -3.08. The molecule has 2 rings (SSSR count). The standard InChI is InChI=1S/C20H22N2O3/c1-3-16-6-4-5-7-18(16)22-20(24)14-21-19(23)13-10-15-8-11-17(25-2)12-9-15/h4-13H,3,14H2,1-2H3,(H,21,23)(H,22,24)/b13-10+. The fraction of sp³-hybridized carbons (Fsp3) is 0.200. The molecule has 2 aromatic carbocycles. The zero-order valence-corrected chi connectivity index (χ0v) is 14.4. The number of para-hydroxylation sites is 1. The molecular weight excluding hydrogens is 316 g/mol. The number of nitrogens with one attached hydrogen (secondary N) is 2. The minimum Gasteiger partial charge on any atom is -0.497 e. The van der Waals surface area contributed by atoms with Gasteiger partial charge in [0.2, 0.25) is 11.8 Å². The van der Waals surface area contributed by atoms with E-state index in [0.29, 0.717) is 0 Å². The second kappa shape index (κ2) is 9.27. The highest BCUT2D eigenvalue weighted by atomic mass is 16.5. The van der Waals surface area contributed by atoms with Crippen molar-refractivity contribution < 1.29 is 14.3 Å². The largest absolute Gasteiger partial charge is 0.497 e. The molecule has 0 saturated carbocycles. The highest BCUT2D eigenvalue weighted by molar-refractivity contribution is 5.98. The van der Waals surface area contributed by atoms with Crippen LogP contribution in [0.2, 0.25) is 0 Å². The third-order valence-electron chi connectivity index (χ3n) is 3.64. The zero-order valence-electron chi connectivity index (χ0n) is 14.4. The van der Waals surface area contributed by atoms with Gasteiger partial charge in [0.25, 0.3) is 0 Å². The molecule has 0 heterocycles. The van der Waals surface area contributed by atoms with Crippen LogP contribution in [-0.2, 0) is 16.0 Å². The average Bonchev–Trinajstić information content (AvgIpc) is 2.65. The Morgan fingerprint density at radius 2 is 1.80 bits per heavy atom. The summed E-state index contributed by atoms with van der Waals surface area (Å²) in [4.78, 5) is 23.8. The van der Waals surface area contributed by atoms with E-state index in [1.165, 1.54) is 6.08 Å². The summed E-state index contributed by atoms with van der Waals surface area (Å²) in [5.74, 6) is 0.174. The van der Waals surface area contributed by atoms with Crippen molar-refractivity contribution in [2.45, 2.75) is 13.3 Å². The Labute approximate surface area is 147 Å². The molecule has 0 atom stereocenters. The van der Waals surface area contributed by atoms with Crippen molar-refractivity contribution in [1.82, 2.24) is 5.32 Å². The number of ether oxygens (including phenoxy) is 1. The Morgan fingerprint density at radius 1 is 1.08 bits per heavy atom. The van der Waals surface area contributed by atoms with Crippen molar-refractivity contribution in [3.05, 3.63) is 65.7 Å². The van der Waals surface area contributed by atoms with Crippen molar-refractivity contribution in [3.8, 4) is 5.75 Å². The van der Waals surface area contributed by atoms with E-state index in [2.05, 4.69) is 10.6 Å². The summed E-state index contributed by atoms with van der Waals surface area (Å²) >= 11 is 0. The van der Waals surface area contributed by atoms with Gasteiger partial charge in [-0.2, -0.15) is 0 Å². The maximum atomic E-state index is 12.0. The molecule has 0 fully saturated rings. The molecule has 0 radical (unpaired) electrons. The number of rotatable bonds is 7. The van der Waals surface area contributed by atoms with Gasteiger partial charge in [-0.15, -0.1) is 0 Å². The number of anilines is 1. The lowest BCUT2D eigenvalue weighted by Gasteiger charge is -2.09. The van der Waals surface area contributed by atoms with Gasteiger partial charge in [0.05, 0.1) is 13.7 Å². The van der Waals surface area contributed by atoms with Gasteiger partial charge in [0.15, 0.2) is 0 Å². The molecule has 0 unspecified atom stereocenters. The molecule has 0 aromatic heterocycles. The van der Waals surface area contributed by atoms with E-state index in [0.717, 1.165) is 29.0 Å². The monoisotopic (exact) mass is 338 g/mol. The second-order valence-corrected chi connectivity index (χ2v) is 5.38. The van der Waals surface area contributed by atoms with Crippen LogP contribution >= 0.6 is 0 Å². The molecule has 0 aliphatic rings. The fourth-order valence-electron chi connectivity index (χ4n) is 2.26. The number of methoxy groups -OCH3 is 1. The van der Waals surface area contributed by atoms with Gasteiger partial charge >= 0.3 is 0 Å². The highest BCUT2D eigenvalue weighted by Gasteiger charge is 2.06. The van der Waals surface area contributed by atoms with E-state index in [9.17, 15) is 9.59 Å². The molecule has 0 spiro atoms. The summed E-state index contributed by atoms with van der Waals surface area (Å²) in [6.45, 7) is 1.95. The number of aryl methyl sites for hydroxylation is 1. The van der Waals surface area contributed by atoms with Crippen LogP contribution in [0.5, 0.6) is 5.75 Å². The van der Waals surface area contributed by atoms with E-state index in [1.54, 1.807) is 13.2 Å². The predicted octanol–water partition coefficient (Wildman–Crippen LogP) is 3.03. The van der Waals surface area contributed by atoms with Crippen LogP contribution in [0.4, 0.5) is 5.69 Å². The lowest BCUT2D eigenvalue weighted by atomic mass is 10.1. The summed E-state index contributed by atoms with van der Waals surface area (Å²) in [5, 5.41) is 5.38. The topological polar surface area (TPSA) is 67.4 Å². The van der Waals surface area contributed by atoms with Crippen molar-refractivity contribution in [2.75, 3.05) is 19.0 Å². The van der Waals surface area contributed by atoms with Crippen LogP contribution in [0.1, 0.15) is 18.1 Å². The van der Waals surface area contributed by atoms with Crippen LogP contribution in [-0.4, -0.2) is 25.5 Å². The van der Waals surface area contributed by atoms with Gasteiger partial charge in [0, 0.05) is 11.8 Å². The third kappa shape index (κ3) is 5.80. The zero-order chi connectivity index (χ0) is 18.1. The molecule has 0 bridgehead atoms. The van der Waals surface area contributed by atoms with Crippen LogP contribution in [0.25, 0.3) is 6.08 Å². The summed E-state index contributed by atoms with van der Waals surface area (Å²) in [6.07, 6.45) is 3.90. The van der Waals surface area contributed by atoms with Gasteiger partial charge in [0.1, 0.15) is 5.75 Å². The average molecular weight is 338 g/mol. The van der Waals surface area contributed by atoms with Crippen LogP contribution < -0.4 is 15.4 Å². The molecule has 5 nitrogen and oxygen atoms in total. The first kappa shape index (κ1) is 18.3. The summed E-state index contributed by atoms with van der Waals surface area (Å²) in [7, 11) is 1.60. The van der Waals surface area contributed by atoms with Crippen molar-refractivity contribution in [2.24, 2.45) is 0 Å². The van der Waals surface area contributed by atoms with Gasteiger partial charge < -0.3 is 15.4 Å². The minimum absolute atomic E-state index is 0.0795. The first-order chi connectivity index (χ1) is 12.1. The maximum Gasteiger partial charge on any atom is 0.244 e. The van der Waals surface area contributed by atoms with Crippen LogP contribution in [0.15, 0.2) is 54.6 Å². The molecular formula is C20H22N2O3. The lowest BCUT2D eigenvalue weighted by molar-refractivity contribution is -0.121. The molecule has 0 aliphatic carbocycles. The number of amides is 2. The maximum absolute atomic E-state index is 12.0. The Balaban J connectivity index is 1.82. The molecule has 0 aliphatic heterocycles. The first-order valence-electron chi connectivity index (χ1n) is 8.10. The number of hydrogen-bond donors (Lipinski definition) is 2. The third-order valence-corrected chi connectivity index (χ3v) is 3.64. The summed E-state index contributed by atoms with van der Waals surface area (Å²) in [5.41, 5.74) is 2.71. The smallest absolute Gasteiger partial charge is 0.244 e. The van der Waals surface area contributed by atoms with E-state index in [4.69, 9.17) is 4.74 Å². The van der Waals surface area contributed by atoms with E-state index < -0.39 is 0 Å². The van der Waals surface area contributed by atoms with Gasteiger partial charge in [-0.25, -0.2) is 0 Å². The van der Waals surface area contributed by atoms with Gasteiger partial charge in [-0.3, -0.25) is 9.59 Å². The van der Waals surface area contributed by atoms with Crippen LogP contribution in [0.3, 0.4) is 0 Å². The van der Waals surface area contributed by atoms with Crippen molar-refractivity contribution >= 4 is 23.6 Å². The number of hydrogen-bond acceptors (Lipinski definition) is 3. The SMILES string of the molecule is CCc1ccccc1NC(=O)CNC(=O)/C=C/c1ccc(OC)cc1. The van der Waals surface area contributed by atoms with E-state index >= 15 is 0 Å². The molecule has 2 N–H and O–H groups in total. The quantitative estimate of drug-likeness (QED) is 0.763. The van der Waals surface area contributed by atoms with E-state index in [1.807, 2.05) is 55.5 Å². The van der Waals surface area contributed by atoms with Crippen molar-refractivity contribution in [3.63, 3.8) is 0 Å². The molecule has 0 saturated heterocycles. The highest BCUT2D eigenvalue weighted by Crippen LogP contribution is 2.15. The Morgan fingerprint density at radius 3 is 2.48 bits per heavy atom. The molecule has 25 heavy (non-hydrogen) atoms. The first-order valence-corrected chi connectivity index (χ1v) is 8.10. The Bertz CT molecular complexity index is 752. The number of carbonyl (C=O) groups excluding carboxylic acids is 2. The molecule has 5 heteroatoms. The summed E-state index contributed by atoms with van der Waals surface area (Å²) in [6, 6.07) is 14.9. The molecule has 2 amide bonds. The van der Waals surface area contributed by atoms with Gasteiger partial charge in [-0.1, -0.05) is 37.3 Å². The molecule has 130 valence electrons. The Kier molecular flexibility index (Phi) is 6.77. The predicted molar refractivity (Wildman–Crippen MR) is 99.5 cm³/mol.